The van der Waals surface area contributed by atoms with Gasteiger partial charge in [0.1, 0.15) is 0 Å². The molecule has 3 aliphatic rings. The zero-order valence-electron chi connectivity index (χ0n) is 12.8. The number of rotatable bonds is 5. The van der Waals surface area contributed by atoms with Gasteiger partial charge in [-0.05, 0) is 50.0 Å². The first-order valence-electron chi connectivity index (χ1n) is 8.41. The van der Waals surface area contributed by atoms with Crippen LogP contribution in [0.4, 0.5) is 0 Å². The van der Waals surface area contributed by atoms with E-state index in [0.29, 0.717) is 43.9 Å². The van der Waals surface area contributed by atoms with Gasteiger partial charge < -0.3 is 25.4 Å². The summed E-state index contributed by atoms with van der Waals surface area (Å²) in [5, 5.41) is 33.5. The molecule has 1 spiro atoms. The number of aliphatic hydroxyl groups excluding tert-OH is 2. The van der Waals surface area contributed by atoms with E-state index in [9.17, 15) is 15.3 Å². The zero-order chi connectivity index (χ0) is 14.9. The molecule has 4 N–H and O–H groups in total. The van der Waals surface area contributed by atoms with Crippen LogP contribution in [0.25, 0.3) is 0 Å². The van der Waals surface area contributed by atoms with Gasteiger partial charge in [-0.25, -0.2) is 0 Å². The van der Waals surface area contributed by atoms with Crippen LogP contribution in [0, 0.1) is 11.3 Å². The molecule has 5 nitrogen and oxygen atoms in total. The molecule has 0 aromatic carbocycles. The molecule has 21 heavy (non-hydrogen) atoms. The molecule has 0 bridgehead atoms. The van der Waals surface area contributed by atoms with Gasteiger partial charge >= 0.3 is 0 Å². The Labute approximate surface area is 126 Å². The molecule has 2 atom stereocenters. The normalized spacial score (nSPS) is 40.1. The maximum absolute atomic E-state index is 10.4. The van der Waals surface area contributed by atoms with E-state index in [-0.39, 0.29) is 6.10 Å². The molecule has 122 valence electrons. The second-order valence-electron chi connectivity index (χ2n) is 7.38. The molecule has 0 aromatic heterocycles. The van der Waals surface area contributed by atoms with Crippen molar-refractivity contribution < 1.29 is 20.1 Å². The van der Waals surface area contributed by atoms with Gasteiger partial charge in [0.25, 0.3) is 0 Å². The minimum atomic E-state index is -0.985. The van der Waals surface area contributed by atoms with Crippen LogP contribution in [0.5, 0.6) is 0 Å². The molecule has 0 radical (unpaired) electrons. The zero-order valence-corrected chi connectivity index (χ0v) is 12.8. The third kappa shape index (κ3) is 3.42. The maximum Gasteiger partial charge on any atom is 0.0961 e. The van der Waals surface area contributed by atoms with Crippen LogP contribution < -0.4 is 5.32 Å². The van der Waals surface area contributed by atoms with Crippen LogP contribution >= 0.6 is 0 Å². The van der Waals surface area contributed by atoms with Gasteiger partial charge in [0.05, 0.1) is 17.8 Å². The van der Waals surface area contributed by atoms with E-state index < -0.39 is 11.7 Å². The third-order valence-corrected chi connectivity index (χ3v) is 6.02. The van der Waals surface area contributed by atoms with Crippen molar-refractivity contribution in [3.05, 3.63) is 0 Å². The molecule has 1 heterocycles. The first kappa shape index (κ1) is 15.7. The Morgan fingerprint density at radius 2 is 1.81 bits per heavy atom. The molecule has 3 fully saturated rings. The molecule has 2 saturated carbocycles. The summed E-state index contributed by atoms with van der Waals surface area (Å²) in [5.74, 6) is 0.682. The molecular weight excluding hydrogens is 270 g/mol. The minimum Gasteiger partial charge on any atom is -0.393 e. The van der Waals surface area contributed by atoms with Crippen molar-refractivity contribution in [2.24, 2.45) is 11.3 Å². The van der Waals surface area contributed by atoms with Crippen molar-refractivity contribution >= 4 is 0 Å². The lowest BCUT2D eigenvalue weighted by Gasteiger charge is -2.36. The first-order chi connectivity index (χ1) is 10.0. The van der Waals surface area contributed by atoms with Crippen molar-refractivity contribution in [1.82, 2.24) is 5.32 Å². The third-order valence-electron chi connectivity index (χ3n) is 6.02. The van der Waals surface area contributed by atoms with E-state index in [2.05, 4.69) is 5.32 Å². The van der Waals surface area contributed by atoms with Crippen molar-refractivity contribution in [2.75, 3.05) is 26.3 Å². The summed E-state index contributed by atoms with van der Waals surface area (Å²) < 4.78 is 5.24. The van der Waals surface area contributed by atoms with Crippen molar-refractivity contribution in [2.45, 2.75) is 62.8 Å². The van der Waals surface area contributed by atoms with Gasteiger partial charge in [0.2, 0.25) is 0 Å². The molecule has 0 amide bonds. The fourth-order valence-corrected chi connectivity index (χ4v) is 4.15. The van der Waals surface area contributed by atoms with Gasteiger partial charge in [-0.1, -0.05) is 0 Å². The molecule has 0 aromatic rings. The van der Waals surface area contributed by atoms with E-state index in [0.717, 1.165) is 32.2 Å². The Morgan fingerprint density at radius 1 is 1.14 bits per heavy atom. The second-order valence-corrected chi connectivity index (χ2v) is 7.38. The monoisotopic (exact) mass is 299 g/mol. The van der Waals surface area contributed by atoms with E-state index >= 15 is 0 Å². The predicted molar refractivity (Wildman–Crippen MR) is 78.9 cm³/mol. The highest BCUT2D eigenvalue weighted by molar-refractivity contribution is 5.05. The molecule has 1 aliphatic heterocycles. The van der Waals surface area contributed by atoms with Crippen LogP contribution in [0.15, 0.2) is 0 Å². The summed E-state index contributed by atoms with van der Waals surface area (Å²) in [7, 11) is 0. The first-order valence-corrected chi connectivity index (χ1v) is 8.41. The van der Waals surface area contributed by atoms with E-state index in [4.69, 9.17) is 4.74 Å². The van der Waals surface area contributed by atoms with E-state index in [1.807, 2.05) is 0 Å². The molecule has 3 rings (SSSR count). The van der Waals surface area contributed by atoms with Crippen LogP contribution in [-0.4, -0.2) is 59.4 Å². The standard InChI is InChI=1S/C16H29NO4/c18-13-1-3-15(4-2-13)9-12(15)10-17-11-14(19)16(20)5-7-21-8-6-16/h12-14,17-20H,1-11H2. The smallest absolute Gasteiger partial charge is 0.0961 e. The average molecular weight is 299 g/mol. The van der Waals surface area contributed by atoms with Crippen LogP contribution in [-0.2, 0) is 4.74 Å². The van der Waals surface area contributed by atoms with Crippen molar-refractivity contribution in [1.29, 1.82) is 0 Å². The van der Waals surface area contributed by atoms with Crippen molar-refractivity contribution in [3.8, 4) is 0 Å². The van der Waals surface area contributed by atoms with Crippen LogP contribution in [0.3, 0.4) is 0 Å². The number of ether oxygens (including phenoxy) is 1. The molecular formula is C16H29NO4. The lowest BCUT2D eigenvalue weighted by Crippen LogP contribution is -2.51. The molecule has 2 aliphatic carbocycles. The summed E-state index contributed by atoms with van der Waals surface area (Å²) in [6, 6.07) is 0. The Bertz CT molecular complexity index is 348. The van der Waals surface area contributed by atoms with Gasteiger partial charge in [0.15, 0.2) is 0 Å². The summed E-state index contributed by atoms with van der Waals surface area (Å²) in [6.45, 7) is 2.43. The lowest BCUT2D eigenvalue weighted by molar-refractivity contribution is -0.130. The Hall–Kier alpha value is -0.200. The summed E-state index contributed by atoms with van der Waals surface area (Å²) in [5.41, 5.74) is -0.520. The molecule has 1 saturated heterocycles. The van der Waals surface area contributed by atoms with Gasteiger partial charge in [-0.3, -0.25) is 0 Å². The van der Waals surface area contributed by atoms with E-state index in [1.54, 1.807) is 0 Å². The second kappa shape index (κ2) is 6.13. The topological polar surface area (TPSA) is 82.0 Å². The Balaban J connectivity index is 1.37. The SMILES string of the molecule is OC1CCC2(CC1)CC2CNCC(O)C1(O)CCOCC1. The minimum absolute atomic E-state index is 0.0885. The van der Waals surface area contributed by atoms with Gasteiger partial charge in [-0.15, -0.1) is 0 Å². The van der Waals surface area contributed by atoms with Gasteiger partial charge in [-0.2, -0.15) is 0 Å². The quantitative estimate of drug-likeness (QED) is 0.591. The number of aliphatic hydroxyl groups is 3. The van der Waals surface area contributed by atoms with E-state index in [1.165, 1.54) is 6.42 Å². The Morgan fingerprint density at radius 3 is 2.48 bits per heavy atom. The average Bonchev–Trinajstić information content (AvgIpc) is 3.16. The number of hydrogen-bond acceptors (Lipinski definition) is 5. The highest BCUT2D eigenvalue weighted by Gasteiger charge is 2.54. The number of hydrogen-bond donors (Lipinski definition) is 4. The maximum atomic E-state index is 10.4. The van der Waals surface area contributed by atoms with Crippen LogP contribution in [0.2, 0.25) is 0 Å². The highest BCUT2D eigenvalue weighted by Crippen LogP contribution is 2.60. The largest absolute Gasteiger partial charge is 0.393 e. The van der Waals surface area contributed by atoms with Crippen LogP contribution in [0.1, 0.15) is 44.9 Å². The highest BCUT2D eigenvalue weighted by atomic mass is 16.5. The lowest BCUT2D eigenvalue weighted by atomic mass is 9.83. The predicted octanol–water partition coefficient (Wildman–Crippen LogP) is 0.420. The summed E-state index contributed by atoms with van der Waals surface area (Å²) in [6.07, 6.45) is 5.65. The molecule has 2 unspecified atom stereocenters. The van der Waals surface area contributed by atoms with Gasteiger partial charge in [0, 0.05) is 32.6 Å². The number of nitrogens with one attached hydrogen (secondary N) is 1. The summed E-state index contributed by atoms with van der Waals surface area (Å²) in [4.78, 5) is 0. The van der Waals surface area contributed by atoms with Crippen molar-refractivity contribution in [3.63, 3.8) is 0 Å². The molecule has 5 heteroatoms. The Kier molecular flexibility index (Phi) is 4.58. The fourth-order valence-electron chi connectivity index (χ4n) is 4.15. The summed E-state index contributed by atoms with van der Waals surface area (Å²) >= 11 is 0. The fraction of sp³-hybridized carbons (Fsp3) is 1.00.